The van der Waals surface area contributed by atoms with Crippen LogP contribution in [0.5, 0.6) is 0 Å². The first kappa shape index (κ1) is 29.9. The molecule has 0 atom stereocenters. The molecule has 0 aliphatic carbocycles. The summed E-state index contributed by atoms with van der Waals surface area (Å²) in [6.07, 6.45) is 7.87. The Morgan fingerprint density at radius 3 is 2.50 bits per heavy atom. The number of nitrogens with zero attached hydrogens (tertiary/aromatic N) is 4. The van der Waals surface area contributed by atoms with Gasteiger partial charge in [0.2, 0.25) is 5.95 Å². The highest BCUT2D eigenvalue weighted by atomic mass is 35.5. The number of piperidine rings is 1. The Morgan fingerprint density at radius 1 is 0.932 bits per heavy atom. The molecule has 4 aromatic rings. The standard InChI is InChI=1S/C36H38ClN5O2/c1-2-32(43)23-27-7-6-8-28(22-27)35-29(21-26-9-12-31(13-10-26)41-17-19-44-20-18-41)25-38-36(40-35)39-30-11-14-33(37)34(24-30)42-15-4-3-5-16-42/h2,6-14,22,24-25H,1,3-5,15-21,23H2,(H,38,39,40). The molecule has 2 aliphatic rings. The largest absolute Gasteiger partial charge is 0.378 e. The molecular weight excluding hydrogens is 570 g/mol. The number of nitrogens with one attached hydrogen (secondary N) is 1. The van der Waals surface area contributed by atoms with Crippen LogP contribution in [0.4, 0.5) is 23.0 Å². The van der Waals surface area contributed by atoms with Crippen LogP contribution in [0.15, 0.2) is 85.6 Å². The van der Waals surface area contributed by atoms with E-state index in [9.17, 15) is 4.79 Å². The Hall–Kier alpha value is -4.20. The fourth-order valence-corrected chi connectivity index (χ4v) is 6.15. The van der Waals surface area contributed by atoms with Crippen LogP contribution in [0.3, 0.4) is 0 Å². The zero-order valence-electron chi connectivity index (χ0n) is 25.0. The number of carbonyl (C=O) groups is 1. The quantitative estimate of drug-likeness (QED) is 0.190. The van der Waals surface area contributed by atoms with E-state index in [-0.39, 0.29) is 5.78 Å². The fourth-order valence-electron chi connectivity index (χ4n) is 5.91. The highest BCUT2D eigenvalue weighted by Crippen LogP contribution is 2.33. The number of ether oxygens (including phenoxy) is 1. The molecule has 2 fully saturated rings. The summed E-state index contributed by atoms with van der Waals surface area (Å²) in [4.78, 5) is 26.6. The van der Waals surface area contributed by atoms with Gasteiger partial charge in [-0.15, -0.1) is 0 Å². The minimum Gasteiger partial charge on any atom is -0.378 e. The van der Waals surface area contributed by atoms with Crippen molar-refractivity contribution in [3.63, 3.8) is 0 Å². The first-order valence-corrected chi connectivity index (χ1v) is 15.8. The highest BCUT2D eigenvalue weighted by Gasteiger charge is 2.17. The van der Waals surface area contributed by atoms with Gasteiger partial charge in [-0.3, -0.25) is 4.79 Å². The van der Waals surface area contributed by atoms with E-state index in [0.717, 1.165) is 78.2 Å². The van der Waals surface area contributed by atoms with Gasteiger partial charge >= 0.3 is 0 Å². The zero-order chi connectivity index (χ0) is 30.3. The molecule has 1 aromatic heterocycles. The zero-order valence-corrected chi connectivity index (χ0v) is 25.7. The van der Waals surface area contributed by atoms with Crippen molar-refractivity contribution in [2.24, 2.45) is 0 Å². The van der Waals surface area contributed by atoms with E-state index in [1.165, 1.54) is 36.6 Å². The molecule has 0 unspecified atom stereocenters. The van der Waals surface area contributed by atoms with Gasteiger partial charge in [-0.25, -0.2) is 9.97 Å². The molecule has 0 spiro atoms. The van der Waals surface area contributed by atoms with Crippen LogP contribution in [0.2, 0.25) is 5.02 Å². The van der Waals surface area contributed by atoms with Crippen molar-refractivity contribution in [3.8, 4) is 11.3 Å². The molecule has 44 heavy (non-hydrogen) atoms. The molecule has 0 amide bonds. The van der Waals surface area contributed by atoms with Gasteiger partial charge in [-0.1, -0.05) is 48.5 Å². The molecule has 0 bridgehead atoms. The van der Waals surface area contributed by atoms with E-state index in [4.69, 9.17) is 26.3 Å². The lowest BCUT2D eigenvalue weighted by Gasteiger charge is -2.30. The number of halogens is 1. The average Bonchev–Trinajstić information content (AvgIpc) is 3.07. The van der Waals surface area contributed by atoms with Gasteiger partial charge in [0.1, 0.15) is 0 Å². The van der Waals surface area contributed by atoms with E-state index >= 15 is 0 Å². The van der Waals surface area contributed by atoms with Crippen molar-refractivity contribution < 1.29 is 9.53 Å². The third-order valence-corrected chi connectivity index (χ3v) is 8.60. The van der Waals surface area contributed by atoms with Crippen molar-refractivity contribution >= 4 is 40.4 Å². The summed E-state index contributed by atoms with van der Waals surface area (Å²) in [6.45, 7) is 8.98. The van der Waals surface area contributed by atoms with Crippen LogP contribution < -0.4 is 15.1 Å². The fraction of sp³-hybridized carbons (Fsp3) is 0.306. The first-order valence-electron chi connectivity index (χ1n) is 15.4. The second kappa shape index (κ2) is 14.1. The SMILES string of the molecule is C=CC(=O)Cc1cccc(-c2nc(Nc3ccc(Cl)c(N4CCCCC4)c3)ncc2Cc2ccc(N3CCOCC3)cc2)c1. The van der Waals surface area contributed by atoms with Crippen LogP contribution in [0.25, 0.3) is 11.3 Å². The number of hydrogen-bond donors (Lipinski definition) is 1. The van der Waals surface area contributed by atoms with E-state index in [1.54, 1.807) is 0 Å². The first-order chi connectivity index (χ1) is 21.6. The van der Waals surface area contributed by atoms with Gasteiger partial charge in [0.05, 0.1) is 29.6 Å². The number of allylic oxidation sites excluding steroid dienone is 1. The molecule has 3 heterocycles. The van der Waals surface area contributed by atoms with Gasteiger partial charge in [0, 0.05) is 67.7 Å². The van der Waals surface area contributed by atoms with E-state index in [2.05, 4.69) is 52.0 Å². The number of ketones is 1. The highest BCUT2D eigenvalue weighted by molar-refractivity contribution is 6.33. The van der Waals surface area contributed by atoms with E-state index in [0.29, 0.717) is 18.8 Å². The van der Waals surface area contributed by atoms with E-state index in [1.807, 2.05) is 42.6 Å². The number of rotatable bonds is 10. The molecule has 226 valence electrons. The predicted molar refractivity (Wildman–Crippen MR) is 179 cm³/mol. The normalized spacial score (nSPS) is 15.2. The lowest BCUT2D eigenvalue weighted by molar-refractivity contribution is -0.114. The van der Waals surface area contributed by atoms with Gasteiger partial charge in [0.25, 0.3) is 0 Å². The monoisotopic (exact) mass is 607 g/mol. The van der Waals surface area contributed by atoms with Crippen LogP contribution in [-0.4, -0.2) is 55.1 Å². The summed E-state index contributed by atoms with van der Waals surface area (Å²) in [6, 6.07) is 22.7. The maximum absolute atomic E-state index is 12.1. The Labute approximate surface area is 264 Å². The molecule has 7 nitrogen and oxygen atoms in total. The molecule has 6 rings (SSSR count). The van der Waals surface area contributed by atoms with E-state index < -0.39 is 0 Å². The predicted octanol–water partition coefficient (Wildman–Crippen LogP) is 7.26. The summed E-state index contributed by atoms with van der Waals surface area (Å²) in [5.74, 6) is 0.492. The Kier molecular flexibility index (Phi) is 9.54. The molecular formula is C36H38ClN5O2. The Morgan fingerprint density at radius 2 is 1.73 bits per heavy atom. The average molecular weight is 608 g/mol. The van der Waals surface area contributed by atoms with Crippen molar-refractivity contribution in [3.05, 3.63) is 107 Å². The number of anilines is 4. The van der Waals surface area contributed by atoms with Gasteiger partial charge < -0.3 is 19.9 Å². The third-order valence-electron chi connectivity index (χ3n) is 8.28. The van der Waals surface area contributed by atoms with Gasteiger partial charge in [-0.05, 0) is 72.9 Å². The van der Waals surface area contributed by atoms with Crippen molar-refractivity contribution in [2.45, 2.75) is 32.1 Å². The lowest BCUT2D eigenvalue weighted by atomic mass is 9.98. The van der Waals surface area contributed by atoms with Crippen molar-refractivity contribution in [2.75, 3.05) is 54.5 Å². The van der Waals surface area contributed by atoms with Crippen LogP contribution in [0, 0.1) is 0 Å². The number of hydrogen-bond acceptors (Lipinski definition) is 7. The minimum absolute atomic E-state index is 0.0139. The number of morpholine rings is 1. The van der Waals surface area contributed by atoms with Crippen LogP contribution >= 0.6 is 11.6 Å². The summed E-state index contributed by atoms with van der Waals surface area (Å²) in [5, 5.41) is 4.17. The number of carbonyl (C=O) groups excluding carboxylic acids is 1. The van der Waals surface area contributed by atoms with Crippen molar-refractivity contribution in [1.82, 2.24) is 9.97 Å². The minimum atomic E-state index is -0.0139. The third kappa shape index (κ3) is 7.29. The molecule has 0 radical (unpaired) electrons. The molecule has 3 aromatic carbocycles. The summed E-state index contributed by atoms with van der Waals surface area (Å²) >= 11 is 6.61. The lowest BCUT2D eigenvalue weighted by Crippen LogP contribution is -2.36. The van der Waals surface area contributed by atoms with Gasteiger partial charge in [0.15, 0.2) is 5.78 Å². The molecule has 2 aliphatic heterocycles. The summed E-state index contributed by atoms with van der Waals surface area (Å²) in [5.41, 5.74) is 8.00. The number of aromatic nitrogens is 2. The molecule has 8 heteroatoms. The topological polar surface area (TPSA) is 70.6 Å². The second-order valence-corrected chi connectivity index (χ2v) is 11.8. The number of benzene rings is 3. The van der Waals surface area contributed by atoms with Crippen LogP contribution in [0.1, 0.15) is 36.0 Å². The smallest absolute Gasteiger partial charge is 0.227 e. The summed E-state index contributed by atoms with van der Waals surface area (Å²) in [7, 11) is 0. The summed E-state index contributed by atoms with van der Waals surface area (Å²) < 4.78 is 5.51. The molecule has 2 saturated heterocycles. The Balaban J connectivity index is 1.30. The maximum atomic E-state index is 12.1. The maximum Gasteiger partial charge on any atom is 0.227 e. The van der Waals surface area contributed by atoms with Gasteiger partial charge in [-0.2, -0.15) is 0 Å². The molecule has 0 saturated carbocycles. The second-order valence-electron chi connectivity index (χ2n) is 11.4. The Bertz CT molecular complexity index is 1610. The van der Waals surface area contributed by atoms with Crippen molar-refractivity contribution in [1.29, 1.82) is 0 Å². The van der Waals surface area contributed by atoms with Crippen LogP contribution in [-0.2, 0) is 22.4 Å². The molecule has 1 N–H and O–H groups in total.